The molecule has 0 radical (unpaired) electrons. The van der Waals surface area contributed by atoms with Crippen molar-refractivity contribution in [2.75, 3.05) is 0 Å². The van der Waals surface area contributed by atoms with Crippen molar-refractivity contribution in [3.63, 3.8) is 0 Å². The largest absolute Gasteiger partial charge is 0.507 e. The lowest BCUT2D eigenvalue weighted by atomic mass is 10.1. The van der Waals surface area contributed by atoms with Gasteiger partial charge in [-0.15, -0.1) is 0 Å². The van der Waals surface area contributed by atoms with Gasteiger partial charge in [0.25, 0.3) is 10.0 Å². The number of hydrazone groups is 1. The van der Waals surface area contributed by atoms with Crippen molar-refractivity contribution in [3.05, 3.63) is 57.6 Å². The maximum Gasteiger partial charge on any atom is 0.348 e. The van der Waals surface area contributed by atoms with Crippen LogP contribution in [0.1, 0.15) is 37.2 Å². The molecular weight excluding hydrogens is 344 g/mol. The smallest absolute Gasteiger partial charge is 0.348 e. The van der Waals surface area contributed by atoms with E-state index in [1.165, 1.54) is 32.0 Å². The summed E-state index contributed by atoms with van der Waals surface area (Å²) in [5.74, 6) is -0.0788. The Balaban J connectivity index is 2.26. The third kappa shape index (κ3) is 4.48. The van der Waals surface area contributed by atoms with Gasteiger partial charge in [0.2, 0.25) is 0 Å². The number of benzene rings is 1. The van der Waals surface area contributed by atoms with Gasteiger partial charge in [-0.25, -0.2) is 4.79 Å². The molecule has 25 heavy (non-hydrogen) atoms. The molecule has 1 heterocycles. The summed E-state index contributed by atoms with van der Waals surface area (Å²) in [5, 5.41) is 13.6. The lowest BCUT2D eigenvalue weighted by Gasteiger charge is -2.07. The monoisotopic (exact) mass is 364 g/mol. The highest BCUT2D eigenvalue weighted by atomic mass is 32.2. The average Bonchev–Trinajstić information content (AvgIpc) is 2.53. The van der Waals surface area contributed by atoms with Crippen molar-refractivity contribution in [2.45, 2.75) is 38.5 Å². The van der Waals surface area contributed by atoms with Crippen molar-refractivity contribution in [1.29, 1.82) is 0 Å². The third-order valence-electron chi connectivity index (χ3n) is 3.52. The van der Waals surface area contributed by atoms with E-state index in [2.05, 4.69) is 9.93 Å². The summed E-state index contributed by atoms with van der Waals surface area (Å²) in [6, 6.07) is 7.74. The Morgan fingerprint density at radius 2 is 1.92 bits per heavy atom. The van der Waals surface area contributed by atoms with Crippen LogP contribution < -0.4 is 10.5 Å². The van der Waals surface area contributed by atoms with Gasteiger partial charge in [-0.3, -0.25) is 0 Å². The summed E-state index contributed by atoms with van der Waals surface area (Å²) in [6.07, 6.45) is 1.84. The summed E-state index contributed by atoms with van der Waals surface area (Å²) in [6.45, 7) is 4.96. The van der Waals surface area contributed by atoms with Crippen molar-refractivity contribution in [2.24, 2.45) is 5.10 Å². The van der Waals surface area contributed by atoms with Gasteiger partial charge >= 0.3 is 5.63 Å². The van der Waals surface area contributed by atoms with Gasteiger partial charge in [-0.1, -0.05) is 25.5 Å². The minimum Gasteiger partial charge on any atom is -0.507 e. The van der Waals surface area contributed by atoms with Crippen LogP contribution in [0.25, 0.3) is 0 Å². The summed E-state index contributed by atoms with van der Waals surface area (Å²) >= 11 is 0. The lowest BCUT2D eigenvalue weighted by molar-refractivity contribution is 0.432. The lowest BCUT2D eigenvalue weighted by Crippen LogP contribution is -2.22. The molecule has 2 rings (SSSR count). The Hall–Kier alpha value is -2.61. The van der Waals surface area contributed by atoms with E-state index < -0.39 is 15.6 Å². The van der Waals surface area contributed by atoms with Crippen LogP contribution in [0.15, 0.2) is 49.5 Å². The minimum absolute atomic E-state index is 0.00238. The number of aromatic hydroxyl groups is 1. The summed E-state index contributed by atoms with van der Waals surface area (Å²) < 4.78 is 29.4. The number of rotatable bonds is 6. The molecule has 0 bridgehead atoms. The Labute approximate surface area is 146 Å². The molecule has 0 aliphatic heterocycles. The number of nitrogens with one attached hydrogen (secondary N) is 1. The molecule has 2 N–H and O–H groups in total. The van der Waals surface area contributed by atoms with Crippen LogP contribution >= 0.6 is 0 Å². The number of hydrogen-bond acceptors (Lipinski definition) is 6. The summed E-state index contributed by atoms with van der Waals surface area (Å²) in [7, 11) is -3.88. The van der Waals surface area contributed by atoms with Crippen LogP contribution in [0.3, 0.4) is 0 Å². The zero-order chi connectivity index (χ0) is 18.6. The van der Waals surface area contributed by atoms with Gasteiger partial charge in [0.1, 0.15) is 17.1 Å². The summed E-state index contributed by atoms with van der Waals surface area (Å²) in [5.41, 5.74) is 0.0641. The SMILES string of the molecule is CCCc1ccc(S(=O)(=O)NN=C(C)c2c(O)cc(C)oc2=O)cc1. The van der Waals surface area contributed by atoms with Crippen molar-refractivity contribution >= 4 is 15.7 Å². The predicted octanol–water partition coefficient (Wildman–Crippen LogP) is 2.31. The molecule has 8 heteroatoms. The topological polar surface area (TPSA) is 109 Å². The molecular formula is C17H20N2O5S. The van der Waals surface area contributed by atoms with Crippen LogP contribution in [-0.2, 0) is 16.4 Å². The average molecular weight is 364 g/mol. The minimum atomic E-state index is -3.88. The first-order valence-corrected chi connectivity index (χ1v) is 9.22. The van der Waals surface area contributed by atoms with Crippen LogP contribution in [-0.4, -0.2) is 19.2 Å². The van der Waals surface area contributed by atoms with E-state index in [1.807, 2.05) is 6.92 Å². The number of nitrogens with zero attached hydrogens (tertiary/aromatic N) is 1. The summed E-state index contributed by atoms with van der Waals surface area (Å²) in [4.78, 5) is 13.9. The molecule has 0 saturated heterocycles. The molecule has 2 aromatic rings. The molecule has 0 spiro atoms. The number of sulfonamides is 1. The van der Waals surface area contributed by atoms with Crippen LogP contribution in [0.4, 0.5) is 0 Å². The molecule has 134 valence electrons. The zero-order valence-corrected chi connectivity index (χ0v) is 15.1. The molecule has 0 aliphatic rings. The first kappa shape index (κ1) is 18.7. The molecule has 1 aromatic heterocycles. The number of hydrogen-bond donors (Lipinski definition) is 2. The van der Waals surface area contributed by atoms with E-state index in [1.54, 1.807) is 12.1 Å². The standard InChI is InChI=1S/C17H20N2O5S/c1-4-5-13-6-8-14(9-7-13)25(22,23)19-18-12(3)16-15(20)10-11(2)24-17(16)21/h6-10,19-20H,4-5H2,1-3H3. The first-order chi connectivity index (χ1) is 11.7. The van der Waals surface area contributed by atoms with Crippen molar-refractivity contribution in [1.82, 2.24) is 4.83 Å². The Morgan fingerprint density at radius 1 is 1.28 bits per heavy atom. The molecule has 1 aromatic carbocycles. The zero-order valence-electron chi connectivity index (χ0n) is 14.2. The van der Waals surface area contributed by atoms with E-state index >= 15 is 0 Å². The van der Waals surface area contributed by atoms with E-state index in [0.717, 1.165) is 18.4 Å². The van der Waals surface area contributed by atoms with Gasteiger partial charge in [0.05, 0.1) is 10.6 Å². The van der Waals surface area contributed by atoms with Crippen LogP contribution in [0, 0.1) is 6.92 Å². The Bertz CT molecular complexity index is 944. The molecule has 0 amide bonds. The van der Waals surface area contributed by atoms with E-state index in [4.69, 9.17) is 4.42 Å². The fraction of sp³-hybridized carbons (Fsp3) is 0.294. The molecule has 0 fully saturated rings. The van der Waals surface area contributed by atoms with Crippen LogP contribution in [0.5, 0.6) is 5.75 Å². The third-order valence-corrected chi connectivity index (χ3v) is 4.75. The molecule has 7 nitrogen and oxygen atoms in total. The molecule has 0 aliphatic carbocycles. The van der Waals surface area contributed by atoms with Crippen molar-refractivity contribution in [3.8, 4) is 5.75 Å². The Morgan fingerprint density at radius 3 is 2.48 bits per heavy atom. The maximum atomic E-state index is 12.3. The first-order valence-electron chi connectivity index (χ1n) is 7.73. The molecule has 0 atom stereocenters. The second-order valence-corrected chi connectivity index (χ2v) is 7.25. The number of aryl methyl sites for hydroxylation is 2. The fourth-order valence-electron chi connectivity index (χ4n) is 2.29. The second-order valence-electron chi connectivity index (χ2n) is 5.59. The normalized spacial score (nSPS) is 12.2. The highest BCUT2D eigenvalue weighted by molar-refractivity contribution is 7.89. The van der Waals surface area contributed by atoms with E-state index in [9.17, 15) is 18.3 Å². The molecule has 0 saturated carbocycles. The second kappa shape index (κ2) is 7.52. The highest BCUT2D eigenvalue weighted by Gasteiger charge is 2.16. The van der Waals surface area contributed by atoms with E-state index in [0.29, 0.717) is 0 Å². The quantitative estimate of drug-likeness (QED) is 0.604. The highest BCUT2D eigenvalue weighted by Crippen LogP contribution is 2.16. The van der Waals surface area contributed by atoms with E-state index in [-0.39, 0.29) is 27.7 Å². The fourth-order valence-corrected chi connectivity index (χ4v) is 3.15. The van der Waals surface area contributed by atoms with Gasteiger partial charge in [-0.05, 0) is 38.0 Å². The van der Waals surface area contributed by atoms with Crippen molar-refractivity contribution < 1.29 is 17.9 Å². The van der Waals surface area contributed by atoms with Crippen LogP contribution in [0.2, 0.25) is 0 Å². The van der Waals surface area contributed by atoms with Gasteiger partial charge in [-0.2, -0.15) is 18.4 Å². The maximum absolute atomic E-state index is 12.3. The molecule has 0 unspecified atom stereocenters. The Kier molecular flexibility index (Phi) is 5.63. The predicted molar refractivity (Wildman–Crippen MR) is 94.3 cm³/mol. The van der Waals surface area contributed by atoms with Gasteiger partial charge < -0.3 is 9.52 Å². The van der Waals surface area contributed by atoms with Gasteiger partial charge in [0, 0.05) is 6.07 Å². The van der Waals surface area contributed by atoms with Gasteiger partial charge in [0.15, 0.2) is 0 Å².